The van der Waals surface area contributed by atoms with Gasteiger partial charge in [-0.25, -0.2) is 12.8 Å². The van der Waals surface area contributed by atoms with E-state index in [1.165, 1.54) is 18.2 Å². The molecule has 6 rings (SSSR count). The van der Waals surface area contributed by atoms with E-state index in [1.54, 1.807) is 15.9 Å². The van der Waals surface area contributed by atoms with Crippen LogP contribution in [0, 0.1) is 5.82 Å². The topological polar surface area (TPSA) is 105 Å². The number of hydrogen-bond acceptors (Lipinski definition) is 7. The van der Waals surface area contributed by atoms with E-state index in [9.17, 15) is 22.4 Å². The number of nitrogens with one attached hydrogen (secondary N) is 1. The predicted octanol–water partition coefficient (Wildman–Crippen LogP) is 2.48. The summed E-state index contributed by atoms with van der Waals surface area (Å²) >= 11 is 0. The Hall–Kier alpha value is -3.02. The summed E-state index contributed by atoms with van der Waals surface area (Å²) in [5, 5.41) is 0. The van der Waals surface area contributed by atoms with Crippen LogP contribution in [0.5, 0.6) is 0 Å². The fourth-order valence-electron chi connectivity index (χ4n) is 6.01. The zero-order chi connectivity index (χ0) is 26.5. The van der Waals surface area contributed by atoms with E-state index < -0.39 is 21.3 Å². The van der Waals surface area contributed by atoms with Crippen molar-refractivity contribution in [3.05, 3.63) is 52.8 Å². The first-order valence-corrected chi connectivity index (χ1v) is 14.5. The lowest BCUT2D eigenvalue weighted by molar-refractivity contribution is -0.125. The van der Waals surface area contributed by atoms with E-state index in [-0.39, 0.29) is 34.4 Å². The van der Waals surface area contributed by atoms with Crippen molar-refractivity contribution in [2.24, 2.45) is 0 Å². The Bertz CT molecular complexity index is 1400. The molecule has 4 aliphatic rings. The van der Waals surface area contributed by atoms with Gasteiger partial charge in [0.15, 0.2) is 0 Å². The maximum Gasteiger partial charge on any atom is 0.263 e. The van der Waals surface area contributed by atoms with E-state index in [4.69, 9.17) is 9.47 Å². The lowest BCUT2D eigenvalue weighted by atomic mass is 9.64. The van der Waals surface area contributed by atoms with E-state index >= 15 is 0 Å². The molecule has 38 heavy (non-hydrogen) atoms. The highest BCUT2D eigenvalue weighted by Gasteiger charge is 2.51. The average molecular weight is 544 g/mol. The highest BCUT2D eigenvalue weighted by atomic mass is 32.2. The maximum absolute atomic E-state index is 14.2. The van der Waals surface area contributed by atoms with E-state index in [0.29, 0.717) is 76.6 Å². The van der Waals surface area contributed by atoms with Gasteiger partial charge in [0.1, 0.15) is 16.5 Å². The number of hydrogen-bond donors (Lipinski definition) is 1. The normalized spacial score (nSPS) is 20.8. The summed E-state index contributed by atoms with van der Waals surface area (Å²) < 4.78 is 55.0. The molecular weight excluding hydrogens is 513 g/mol. The molecule has 0 aromatic heterocycles. The molecule has 1 saturated carbocycles. The van der Waals surface area contributed by atoms with Gasteiger partial charge in [-0.2, -0.15) is 0 Å². The minimum Gasteiger partial charge on any atom is -0.378 e. The van der Waals surface area contributed by atoms with Crippen molar-refractivity contribution in [3.63, 3.8) is 0 Å². The van der Waals surface area contributed by atoms with Crippen molar-refractivity contribution in [2.45, 2.75) is 36.0 Å². The number of halogens is 1. The molecule has 2 aliphatic carbocycles. The fraction of sp³-hybridized carbons (Fsp3) is 0.481. The Labute approximate surface area is 220 Å². The molecule has 0 atom stereocenters. The first kappa shape index (κ1) is 25.3. The van der Waals surface area contributed by atoms with Gasteiger partial charge in [-0.15, -0.1) is 0 Å². The molecule has 9 nitrogen and oxygen atoms in total. The molecule has 2 aromatic rings. The van der Waals surface area contributed by atoms with Crippen LogP contribution in [0.3, 0.4) is 0 Å². The minimum absolute atomic E-state index is 0.0585. The monoisotopic (exact) mass is 543 g/mol. The lowest BCUT2D eigenvalue weighted by Gasteiger charge is -2.38. The lowest BCUT2D eigenvalue weighted by Crippen LogP contribution is -2.41. The van der Waals surface area contributed by atoms with Gasteiger partial charge in [0.25, 0.3) is 15.9 Å². The number of ether oxygens (including phenoxy) is 2. The van der Waals surface area contributed by atoms with Crippen LogP contribution in [0.4, 0.5) is 15.8 Å². The van der Waals surface area contributed by atoms with Crippen LogP contribution >= 0.6 is 0 Å². The number of anilines is 2. The molecule has 2 aromatic carbocycles. The number of amides is 1. The maximum atomic E-state index is 14.2. The third-order valence-corrected chi connectivity index (χ3v) is 9.62. The van der Waals surface area contributed by atoms with Gasteiger partial charge < -0.3 is 19.3 Å². The largest absolute Gasteiger partial charge is 0.378 e. The number of sulfonamides is 1. The molecule has 2 aliphatic heterocycles. The first-order valence-electron chi connectivity index (χ1n) is 13.0. The molecular formula is C27H30FN3O6S. The molecule has 1 amide bonds. The number of carbonyl (C=O) groups excluding carboxylic acids is 2. The summed E-state index contributed by atoms with van der Waals surface area (Å²) in [5.74, 6) is -0.680. The van der Waals surface area contributed by atoms with Gasteiger partial charge >= 0.3 is 0 Å². The Balaban J connectivity index is 1.40. The third kappa shape index (κ3) is 4.26. The van der Waals surface area contributed by atoms with Gasteiger partial charge in [-0.3, -0.25) is 14.3 Å². The quantitative estimate of drug-likeness (QED) is 0.618. The summed E-state index contributed by atoms with van der Waals surface area (Å²) in [4.78, 5) is 30.1. The van der Waals surface area contributed by atoms with Gasteiger partial charge in [0.2, 0.25) is 0 Å². The molecule has 2 heterocycles. The second kappa shape index (κ2) is 9.62. The molecule has 3 fully saturated rings. The zero-order valence-electron chi connectivity index (χ0n) is 21.0. The SMILES string of the molecule is O=C(c1cc(NS(=O)(=O)c2ccc(F)cc2N2CCOCC2)cc2c1CC(=O)C21CCC1)N1CCOCC1. The van der Waals surface area contributed by atoms with Crippen molar-refractivity contribution in [1.29, 1.82) is 0 Å². The Kier molecular flexibility index (Phi) is 6.40. The van der Waals surface area contributed by atoms with Crippen LogP contribution < -0.4 is 9.62 Å². The predicted molar refractivity (Wildman–Crippen MR) is 138 cm³/mol. The van der Waals surface area contributed by atoms with Crippen LogP contribution in [-0.4, -0.2) is 77.6 Å². The molecule has 0 unspecified atom stereocenters. The number of ketones is 1. The van der Waals surface area contributed by atoms with Crippen molar-refractivity contribution in [3.8, 4) is 0 Å². The van der Waals surface area contributed by atoms with Crippen LogP contribution in [0.1, 0.15) is 40.7 Å². The van der Waals surface area contributed by atoms with Gasteiger partial charge in [-0.05, 0) is 54.3 Å². The Morgan fingerprint density at radius 1 is 0.974 bits per heavy atom. The number of benzene rings is 2. The van der Waals surface area contributed by atoms with Gasteiger partial charge in [0.05, 0.1) is 37.5 Å². The Morgan fingerprint density at radius 3 is 2.32 bits per heavy atom. The van der Waals surface area contributed by atoms with Gasteiger partial charge in [-0.1, -0.05) is 6.42 Å². The summed E-state index contributed by atoms with van der Waals surface area (Å²) in [6, 6.07) is 6.85. The van der Waals surface area contributed by atoms with E-state index in [0.717, 1.165) is 18.1 Å². The number of Topliss-reactive ketones (excluding diaryl/α,β-unsaturated/α-hetero) is 1. The molecule has 11 heteroatoms. The standard InChI is InChI=1S/C27H30FN3O6S/c28-18-2-3-24(23(14-18)30-6-10-36-11-7-30)38(34,35)29-19-15-21(26(33)31-8-12-37-13-9-31)20-17-25(32)27(4-1-5-27)22(20)16-19/h2-3,14-16,29H,1,4-13,17H2. The van der Waals surface area contributed by atoms with E-state index in [2.05, 4.69) is 4.72 Å². The Morgan fingerprint density at radius 2 is 1.66 bits per heavy atom. The van der Waals surface area contributed by atoms with Crippen molar-refractivity contribution in [1.82, 2.24) is 4.90 Å². The molecule has 202 valence electrons. The van der Waals surface area contributed by atoms with Crippen molar-refractivity contribution in [2.75, 3.05) is 62.2 Å². The highest BCUT2D eigenvalue weighted by Crippen LogP contribution is 2.52. The third-order valence-electron chi connectivity index (χ3n) is 8.19. The summed E-state index contributed by atoms with van der Waals surface area (Å²) in [6.07, 6.45) is 2.47. The number of morpholine rings is 2. The number of carbonyl (C=O) groups is 2. The number of rotatable bonds is 5. The minimum atomic E-state index is -4.16. The van der Waals surface area contributed by atoms with Crippen LogP contribution in [0.15, 0.2) is 35.2 Å². The summed E-state index contributed by atoms with van der Waals surface area (Å²) in [7, 11) is -4.16. The number of nitrogens with zero attached hydrogens (tertiary/aromatic N) is 2. The second-order valence-corrected chi connectivity index (χ2v) is 12.0. The zero-order valence-corrected chi connectivity index (χ0v) is 21.8. The average Bonchev–Trinajstić information content (AvgIpc) is 3.20. The van der Waals surface area contributed by atoms with E-state index in [1.807, 2.05) is 0 Å². The molecule has 2 saturated heterocycles. The fourth-order valence-corrected chi connectivity index (χ4v) is 7.26. The smallest absolute Gasteiger partial charge is 0.263 e. The van der Waals surface area contributed by atoms with Crippen molar-refractivity contribution < 1.29 is 31.9 Å². The molecule has 1 spiro atoms. The molecule has 1 N–H and O–H groups in total. The van der Waals surface area contributed by atoms with Gasteiger partial charge in [0, 0.05) is 43.9 Å². The summed E-state index contributed by atoms with van der Waals surface area (Å²) in [6.45, 7) is 3.42. The number of fused-ring (bicyclic) bond motifs is 2. The molecule has 0 bridgehead atoms. The molecule has 0 radical (unpaired) electrons. The second-order valence-electron chi connectivity index (χ2n) is 10.3. The van der Waals surface area contributed by atoms with Crippen molar-refractivity contribution >= 4 is 33.1 Å². The first-order chi connectivity index (χ1) is 18.3. The van der Waals surface area contributed by atoms with Crippen LogP contribution in [0.2, 0.25) is 0 Å². The van der Waals surface area contributed by atoms with Crippen LogP contribution in [-0.2, 0) is 36.1 Å². The highest BCUT2D eigenvalue weighted by molar-refractivity contribution is 7.92. The van der Waals surface area contributed by atoms with Crippen LogP contribution in [0.25, 0.3) is 0 Å². The summed E-state index contributed by atoms with van der Waals surface area (Å²) in [5.41, 5.74) is 1.64.